The van der Waals surface area contributed by atoms with E-state index in [1.165, 1.54) is 10.8 Å². The lowest BCUT2D eigenvalue weighted by atomic mass is 10.1. The van der Waals surface area contributed by atoms with Gasteiger partial charge >= 0.3 is 0 Å². The molecule has 0 aliphatic rings. The van der Waals surface area contributed by atoms with Crippen LogP contribution in [-0.2, 0) is 9.53 Å². The fraction of sp³-hybridized carbons (Fsp3) is 0.214. The average Bonchev–Trinajstić information content (AvgIpc) is 2.38. The molecule has 0 heterocycles. The van der Waals surface area contributed by atoms with E-state index in [9.17, 15) is 4.79 Å². The van der Waals surface area contributed by atoms with Gasteiger partial charge in [0, 0.05) is 12.2 Å². The molecule has 1 amide bonds. The van der Waals surface area contributed by atoms with Crippen molar-refractivity contribution in [3.8, 4) is 0 Å². The molecule has 0 radical (unpaired) electrons. The van der Waals surface area contributed by atoms with Crippen LogP contribution in [0.2, 0.25) is 0 Å². The van der Waals surface area contributed by atoms with Crippen molar-refractivity contribution >= 4 is 22.4 Å². The van der Waals surface area contributed by atoms with Crippen LogP contribution in [0.5, 0.6) is 0 Å². The molecule has 0 unspecified atom stereocenters. The molecule has 0 fully saturated rings. The van der Waals surface area contributed by atoms with Crippen LogP contribution < -0.4 is 11.1 Å². The highest BCUT2D eigenvalue weighted by atomic mass is 16.5. The van der Waals surface area contributed by atoms with Crippen molar-refractivity contribution in [2.24, 2.45) is 5.73 Å². The number of ether oxygens (including phenoxy) is 1. The number of hydrogen-bond acceptors (Lipinski definition) is 3. The first-order chi connectivity index (χ1) is 8.75. The van der Waals surface area contributed by atoms with Crippen LogP contribution >= 0.6 is 0 Å². The molecule has 0 aromatic heterocycles. The number of hydrogen-bond donors (Lipinski definition) is 2. The molecule has 0 bridgehead atoms. The van der Waals surface area contributed by atoms with Gasteiger partial charge in [-0.3, -0.25) is 4.79 Å². The van der Waals surface area contributed by atoms with Gasteiger partial charge in [0.05, 0.1) is 6.61 Å². The van der Waals surface area contributed by atoms with Gasteiger partial charge in [0.15, 0.2) is 0 Å². The van der Waals surface area contributed by atoms with Gasteiger partial charge in [0.25, 0.3) is 0 Å². The standard InChI is InChI=1S/C14H16N2O2/c15-14(17)10-18-8-7-16-13-6-5-11-3-1-2-4-12(11)9-13/h1-6,9,16H,7-8,10H2,(H2,15,17). The van der Waals surface area contributed by atoms with Gasteiger partial charge in [0.2, 0.25) is 5.91 Å². The third kappa shape index (κ3) is 3.46. The van der Waals surface area contributed by atoms with Crippen molar-refractivity contribution in [2.45, 2.75) is 0 Å². The Bertz CT molecular complexity index is 540. The second kappa shape index (κ2) is 6.02. The van der Waals surface area contributed by atoms with E-state index in [1.54, 1.807) is 0 Å². The third-order valence-electron chi connectivity index (χ3n) is 2.57. The molecule has 2 aromatic carbocycles. The summed E-state index contributed by atoms with van der Waals surface area (Å²) in [6.07, 6.45) is 0. The summed E-state index contributed by atoms with van der Waals surface area (Å²) < 4.78 is 5.07. The molecule has 0 saturated carbocycles. The molecule has 2 rings (SSSR count). The molecule has 3 N–H and O–H groups in total. The highest BCUT2D eigenvalue weighted by Crippen LogP contribution is 2.18. The number of amides is 1. The monoisotopic (exact) mass is 244 g/mol. The van der Waals surface area contributed by atoms with Crippen molar-refractivity contribution in [3.63, 3.8) is 0 Å². The summed E-state index contributed by atoms with van der Waals surface area (Å²) in [6, 6.07) is 14.4. The maximum Gasteiger partial charge on any atom is 0.243 e. The molecule has 0 atom stereocenters. The molecular weight excluding hydrogens is 228 g/mol. The van der Waals surface area contributed by atoms with Crippen molar-refractivity contribution in [1.29, 1.82) is 0 Å². The number of fused-ring (bicyclic) bond motifs is 1. The van der Waals surface area contributed by atoms with Gasteiger partial charge in [-0.05, 0) is 22.9 Å². The number of primary amides is 1. The Kier molecular flexibility index (Phi) is 4.15. The minimum Gasteiger partial charge on any atom is -0.383 e. The number of anilines is 1. The molecule has 2 aromatic rings. The second-order valence-electron chi connectivity index (χ2n) is 4.01. The number of nitrogens with two attached hydrogens (primary N) is 1. The lowest BCUT2D eigenvalue weighted by Gasteiger charge is -2.07. The smallest absolute Gasteiger partial charge is 0.243 e. The second-order valence-corrected chi connectivity index (χ2v) is 4.01. The van der Waals surface area contributed by atoms with E-state index in [-0.39, 0.29) is 6.61 Å². The molecular formula is C14H16N2O2. The Morgan fingerprint density at radius 2 is 1.94 bits per heavy atom. The predicted octanol–water partition coefficient (Wildman–Crippen LogP) is 1.75. The fourth-order valence-electron chi connectivity index (χ4n) is 1.74. The van der Waals surface area contributed by atoms with Gasteiger partial charge in [-0.1, -0.05) is 30.3 Å². The Hall–Kier alpha value is -2.07. The quantitative estimate of drug-likeness (QED) is 0.761. The molecule has 4 nitrogen and oxygen atoms in total. The summed E-state index contributed by atoms with van der Waals surface area (Å²) in [7, 11) is 0. The minimum atomic E-state index is -0.444. The fourth-order valence-corrected chi connectivity index (χ4v) is 1.74. The molecule has 94 valence electrons. The number of carbonyl (C=O) groups is 1. The Morgan fingerprint density at radius 3 is 2.72 bits per heavy atom. The van der Waals surface area contributed by atoms with Crippen molar-refractivity contribution in [2.75, 3.05) is 25.1 Å². The summed E-state index contributed by atoms with van der Waals surface area (Å²) in [5, 5.41) is 5.64. The van der Waals surface area contributed by atoms with Crippen LogP contribution in [-0.4, -0.2) is 25.7 Å². The predicted molar refractivity (Wildman–Crippen MR) is 72.5 cm³/mol. The van der Waals surface area contributed by atoms with Crippen LogP contribution in [0.15, 0.2) is 42.5 Å². The zero-order valence-electron chi connectivity index (χ0n) is 10.1. The summed E-state index contributed by atoms with van der Waals surface area (Å²) in [4.78, 5) is 10.5. The van der Waals surface area contributed by atoms with Crippen LogP contribution in [0.1, 0.15) is 0 Å². The SMILES string of the molecule is NC(=O)COCCNc1ccc2ccccc2c1. The first kappa shape index (κ1) is 12.4. The molecule has 0 aliphatic carbocycles. The normalized spacial score (nSPS) is 10.4. The average molecular weight is 244 g/mol. The van der Waals surface area contributed by atoms with Gasteiger partial charge in [-0.15, -0.1) is 0 Å². The lowest BCUT2D eigenvalue weighted by Crippen LogP contribution is -2.20. The van der Waals surface area contributed by atoms with Crippen LogP contribution in [0.25, 0.3) is 10.8 Å². The summed E-state index contributed by atoms with van der Waals surface area (Å²) >= 11 is 0. The van der Waals surface area contributed by atoms with E-state index < -0.39 is 5.91 Å². The largest absolute Gasteiger partial charge is 0.383 e. The maximum atomic E-state index is 10.5. The van der Waals surface area contributed by atoms with Gasteiger partial charge in [-0.25, -0.2) is 0 Å². The Morgan fingerprint density at radius 1 is 1.17 bits per heavy atom. The first-order valence-corrected chi connectivity index (χ1v) is 5.84. The molecule has 4 heteroatoms. The van der Waals surface area contributed by atoms with Crippen molar-refractivity contribution in [3.05, 3.63) is 42.5 Å². The van der Waals surface area contributed by atoms with E-state index in [0.717, 1.165) is 5.69 Å². The minimum absolute atomic E-state index is 0.0284. The van der Waals surface area contributed by atoms with E-state index in [4.69, 9.17) is 10.5 Å². The zero-order valence-corrected chi connectivity index (χ0v) is 10.1. The Balaban J connectivity index is 1.86. The van der Waals surface area contributed by atoms with E-state index >= 15 is 0 Å². The lowest BCUT2D eigenvalue weighted by molar-refractivity contribution is -0.122. The first-order valence-electron chi connectivity index (χ1n) is 5.84. The maximum absolute atomic E-state index is 10.5. The van der Waals surface area contributed by atoms with Crippen molar-refractivity contribution < 1.29 is 9.53 Å². The van der Waals surface area contributed by atoms with E-state index in [1.807, 2.05) is 18.2 Å². The van der Waals surface area contributed by atoms with Crippen LogP contribution in [0.4, 0.5) is 5.69 Å². The zero-order chi connectivity index (χ0) is 12.8. The molecule has 0 aliphatic heterocycles. The van der Waals surface area contributed by atoms with Gasteiger partial charge in [-0.2, -0.15) is 0 Å². The highest BCUT2D eigenvalue weighted by molar-refractivity contribution is 5.85. The van der Waals surface area contributed by atoms with Crippen LogP contribution in [0, 0.1) is 0 Å². The number of rotatable bonds is 6. The molecule has 0 spiro atoms. The third-order valence-corrected chi connectivity index (χ3v) is 2.57. The van der Waals surface area contributed by atoms with Crippen LogP contribution in [0.3, 0.4) is 0 Å². The highest BCUT2D eigenvalue weighted by Gasteiger charge is 1.96. The van der Waals surface area contributed by atoms with Crippen molar-refractivity contribution in [1.82, 2.24) is 0 Å². The molecule has 18 heavy (non-hydrogen) atoms. The van der Waals surface area contributed by atoms with Gasteiger partial charge < -0.3 is 15.8 Å². The van der Waals surface area contributed by atoms with E-state index in [2.05, 4.69) is 29.6 Å². The number of benzene rings is 2. The van der Waals surface area contributed by atoms with Gasteiger partial charge in [0.1, 0.15) is 6.61 Å². The topological polar surface area (TPSA) is 64.4 Å². The Labute approximate surface area is 106 Å². The summed E-state index contributed by atoms with van der Waals surface area (Å²) in [6.45, 7) is 1.07. The number of carbonyl (C=O) groups excluding carboxylic acids is 1. The summed E-state index contributed by atoms with van der Waals surface area (Å²) in [5.41, 5.74) is 6.00. The summed E-state index contributed by atoms with van der Waals surface area (Å²) in [5.74, 6) is -0.444. The molecule has 0 saturated heterocycles. The van der Waals surface area contributed by atoms with E-state index in [0.29, 0.717) is 13.2 Å². The number of nitrogens with one attached hydrogen (secondary N) is 1.